The molecule has 1 aliphatic carbocycles. The molecule has 0 spiro atoms. The van der Waals surface area contributed by atoms with Gasteiger partial charge in [-0.2, -0.15) is 0 Å². The molecular formula is C15H28N2O3. The van der Waals surface area contributed by atoms with Crippen LogP contribution in [0.25, 0.3) is 0 Å². The molecule has 0 aromatic heterocycles. The fourth-order valence-corrected chi connectivity index (χ4v) is 2.77. The third kappa shape index (κ3) is 6.89. The maximum Gasteiger partial charge on any atom is 0.320 e. The second-order valence-electron chi connectivity index (χ2n) is 5.70. The van der Waals surface area contributed by atoms with Gasteiger partial charge in [0.25, 0.3) is 0 Å². The smallest absolute Gasteiger partial charge is 0.320 e. The van der Waals surface area contributed by atoms with Crippen molar-refractivity contribution in [1.82, 2.24) is 10.6 Å². The van der Waals surface area contributed by atoms with Gasteiger partial charge in [0.05, 0.1) is 6.54 Å². The van der Waals surface area contributed by atoms with Gasteiger partial charge in [0, 0.05) is 6.54 Å². The number of amides is 1. The van der Waals surface area contributed by atoms with Crippen LogP contribution in [0.4, 0.5) is 0 Å². The summed E-state index contributed by atoms with van der Waals surface area (Å²) in [4.78, 5) is 22.6. The fourth-order valence-electron chi connectivity index (χ4n) is 2.77. The fraction of sp³-hybridized carbons (Fsp3) is 0.867. The molecule has 1 unspecified atom stereocenters. The summed E-state index contributed by atoms with van der Waals surface area (Å²) in [6, 6.07) is -0.621. The molecule has 0 bridgehead atoms. The van der Waals surface area contributed by atoms with Gasteiger partial charge >= 0.3 is 5.97 Å². The van der Waals surface area contributed by atoms with Crippen LogP contribution in [-0.4, -0.2) is 36.1 Å². The highest BCUT2D eigenvalue weighted by molar-refractivity contribution is 5.79. The minimum Gasteiger partial charge on any atom is -0.480 e. The Morgan fingerprint density at radius 2 is 1.95 bits per heavy atom. The molecule has 0 aromatic carbocycles. The molecule has 1 aliphatic rings. The highest BCUT2D eigenvalue weighted by Crippen LogP contribution is 2.25. The van der Waals surface area contributed by atoms with Gasteiger partial charge in [-0.25, -0.2) is 0 Å². The van der Waals surface area contributed by atoms with Crippen LogP contribution in [-0.2, 0) is 9.59 Å². The van der Waals surface area contributed by atoms with E-state index >= 15 is 0 Å². The number of rotatable bonds is 9. The second-order valence-corrected chi connectivity index (χ2v) is 5.70. The molecule has 5 nitrogen and oxygen atoms in total. The molecule has 1 fully saturated rings. The summed E-state index contributed by atoms with van der Waals surface area (Å²) in [7, 11) is 0. The van der Waals surface area contributed by atoms with Crippen molar-refractivity contribution in [2.75, 3.05) is 13.1 Å². The number of carboxylic acids is 1. The van der Waals surface area contributed by atoms with Crippen molar-refractivity contribution in [2.45, 2.75) is 64.3 Å². The van der Waals surface area contributed by atoms with E-state index in [1.54, 1.807) is 0 Å². The van der Waals surface area contributed by atoms with Gasteiger partial charge in [0.2, 0.25) is 5.91 Å². The Morgan fingerprint density at radius 1 is 1.25 bits per heavy atom. The zero-order valence-electron chi connectivity index (χ0n) is 12.5. The van der Waals surface area contributed by atoms with E-state index in [2.05, 4.69) is 10.6 Å². The van der Waals surface area contributed by atoms with E-state index in [1.165, 1.54) is 32.1 Å². The minimum atomic E-state index is -0.887. The van der Waals surface area contributed by atoms with Gasteiger partial charge in [-0.1, -0.05) is 45.4 Å². The third-order valence-corrected chi connectivity index (χ3v) is 3.98. The molecule has 1 atom stereocenters. The summed E-state index contributed by atoms with van der Waals surface area (Å²) in [5.74, 6) is -0.242. The first-order valence-corrected chi connectivity index (χ1v) is 7.86. The molecule has 0 saturated heterocycles. The molecule has 0 heterocycles. The van der Waals surface area contributed by atoms with E-state index in [0.29, 0.717) is 13.0 Å². The van der Waals surface area contributed by atoms with Gasteiger partial charge in [-0.15, -0.1) is 0 Å². The highest BCUT2D eigenvalue weighted by atomic mass is 16.4. The monoisotopic (exact) mass is 284 g/mol. The standard InChI is InChI=1S/C15H28N2O3/c1-2-6-13(15(19)20)17-11-14(18)16-10-9-12-7-4-3-5-8-12/h12-13,17H,2-11H2,1H3,(H,16,18)(H,19,20). The first kappa shape index (κ1) is 17.0. The average molecular weight is 284 g/mol. The third-order valence-electron chi connectivity index (χ3n) is 3.98. The van der Waals surface area contributed by atoms with Crippen molar-refractivity contribution in [3.05, 3.63) is 0 Å². The van der Waals surface area contributed by atoms with Gasteiger partial charge in [-0.3, -0.25) is 14.9 Å². The maximum atomic E-state index is 11.6. The van der Waals surface area contributed by atoms with Crippen LogP contribution in [0.1, 0.15) is 58.3 Å². The Morgan fingerprint density at radius 3 is 2.55 bits per heavy atom. The molecule has 0 aromatic rings. The summed E-state index contributed by atoms with van der Waals surface area (Å²) >= 11 is 0. The predicted octanol–water partition coefficient (Wildman–Crippen LogP) is 1.92. The topological polar surface area (TPSA) is 78.4 Å². The second kappa shape index (κ2) is 9.75. The largest absolute Gasteiger partial charge is 0.480 e. The van der Waals surface area contributed by atoms with Gasteiger partial charge < -0.3 is 10.4 Å². The molecule has 3 N–H and O–H groups in total. The molecule has 20 heavy (non-hydrogen) atoms. The van der Waals surface area contributed by atoms with Gasteiger partial charge in [-0.05, 0) is 18.8 Å². The average Bonchev–Trinajstić information content (AvgIpc) is 2.44. The van der Waals surface area contributed by atoms with Crippen molar-refractivity contribution >= 4 is 11.9 Å². The molecule has 1 rings (SSSR count). The first-order chi connectivity index (χ1) is 9.63. The lowest BCUT2D eigenvalue weighted by atomic mass is 9.87. The molecule has 1 saturated carbocycles. The Balaban J connectivity index is 2.11. The number of nitrogens with one attached hydrogen (secondary N) is 2. The van der Waals surface area contributed by atoms with E-state index in [0.717, 1.165) is 18.8 Å². The Labute approximate surface area is 121 Å². The van der Waals surface area contributed by atoms with Crippen LogP contribution in [0.5, 0.6) is 0 Å². The van der Waals surface area contributed by atoms with Crippen molar-refractivity contribution < 1.29 is 14.7 Å². The van der Waals surface area contributed by atoms with E-state index in [-0.39, 0.29) is 12.5 Å². The van der Waals surface area contributed by atoms with Crippen molar-refractivity contribution in [3.8, 4) is 0 Å². The van der Waals surface area contributed by atoms with E-state index in [4.69, 9.17) is 5.11 Å². The van der Waals surface area contributed by atoms with Crippen molar-refractivity contribution in [3.63, 3.8) is 0 Å². The number of carbonyl (C=O) groups is 2. The zero-order chi connectivity index (χ0) is 14.8. The van der Waals surface area contributed by atoms with Crippen molar-refractivity contribution in [1.29, 1.82) is 0 Å². The van der Waals surface area contributed by atoms with Crippen LogP contribution in [0.3, 0.4) is 0 Å². The first-order valence-electron chi connectivity index (χ1n) is 7.86. The Kier molecular flexibility index (Phi) is 8.26. The van der Waals surface area contributed by atoms with Gasteiger partial charge in [0.1, 0.15) is 6.04 Å². The maximum absolute atomic E-state index is 11.6. The van der Waals surface area contributed by atoms with E-state index in [1.807, 2.05) is 6.92 Å². The Bertz CT molecular complexity index is 301. The minimum absolute atomic E-state index is 0.0850. The molecule has 0 aliphatic heterocycles. The molecular weight excluding hydrogens is 256 g/mol. The number of hydrogen-bond donors (Lipinski definition) is 3. The summed E-state index contributed by atoms with van der Waals surface area (Å²) in [6.07, 6.45) is 8.92. The SMILES string of the molecule is CCCC(NCC(=O)NCCC1CCCCC1)C(=O)O. The molecule has 5 heteroatoms. The molecule has 116 valence electrons. The number of aliphatic carboxylic acids is 1. The van der Waals surface area contributed by atoms with Crippen LogP contribution in [0.15, 0.2) is 0 Å². The lowest BCUT2D eigenvalue weighted by Gasteiger charge is -2.21. The lowest BCUT2D eigenvalue weighted by Crippen LogP contribution is -2.43. The van der Waals surface area contributed by atoms with Crippen LogP contribution in [0, 0.1) is 5.92 Å². The number of carboxylic acid groups (broad SMARTS) is 1. The van der Waals surface area contributed by atoms with Crippen LogP contribution in [0.2, 0.25) is 0 Å². The normalized spacial score (nSPS) is 17.6. The highest BCUT2D eigenvalue weighted by Gasteiger charge is 2.17. The van der Waals surface area contributed by atoms with Gasteiger partial charge in [0.15, 0.2) is 0 Å². The van der Waals surface area contributed by atoms with E-state index < -0.39 is 12.0 Å². The number of hydrogen-bond acceptors (Lipinski definition) is 3. The quantitative estimate of drug-likeness (QED) is 0.604. The summed E-state index contributed by atoms with van der Waals surface area (Å²) in [6.45, 7) is 2.72. The van der Waals surface area contributed by atoms with Crippen LogP contribution >= 0.6 is 0 Å². The summed E-state index contributed by atoms with van der Waals surface area (Å²) < 4.78 is 0. The number of carbonyl (C=O) groups excluding carboxylic acids is 1. The molecule has 0 radical (unpaired) electrons. The van der Waals surface area contributed by atoms with Crippen molar-refractivity contribution in [2.24, 2.45) is 5.92 Å². The predicted molar refractivity (Wildman–Crippen MR) is 78.5 cm³/mol. The lowest BCUT2D eigenvalue weighted by molar-refractivity contribution is -0.139. The van der Waals surface area contributed by atoms with E-state index in [9.17, 15) is 9.59 Å². The summed E-state index contributed by atoms with van der Waals surface area (Å²) in [5.41, 5.74) is 0. The summed E-state index contributed by atoms with van der Waals surface area (Å²) in [5, 5.41) is 14.6. The Hall–Kier alpha value is -1.10. The zero-order valence-corrected chi connectivity index (χ0v) is 12.5. The van der Waals surface area contributed by atoms with Crippen LogP contribution < -0.4 is 10.6 Å². The molecule has 1 amide bonds.